The van der Waals surface area contributed by atoms with Gasteiger partial charge in [-0.15, -0.1) is 0 Å². The molecule has 2 nitrogen and oxygen atoms in total. The van der Waals surface area contributed by atoms with E-state index in [9.17, 15) is 5.11 Å². The summed E-state index contributed by atoms with van der Waals surface area (Å²) in [5.41, 5.74) is -0.424. The van der Waals surface area contributed by atoms with Gasteiger partial charge in [-0.3, -0.25) is 0 Å². The van der Waals surface area contributed by atoms with Crippen molar-refractivity contribution >= 4 is 0 Å². The van der Waals surface area contributed by atoms with Crippen LogP contribution < -0.4 is 5.32 Å². The van der Waals surface area contributed by atoms with E-state index < -0.39 is 5.60 Å². The van der Waals surface area contributed by atoms with Gasteiger partial charge >= 0.3 is 0 Å². The maximum absolute atomic E-state index is 9.91. The first-order valence-corrected chi connectivity index (χ1v) is 6.17. The monoisotopic (exact) mass is 197 g/mol. The summed E-state index contributed by atoms with van der Waals surface area (Å²) in [6.45, 7) is 1.96. The lowest BCUT2D eigenvalue weighted by atomic mass is 9.76. The summed E-state index contributed by atoms with van der Waals surface area (Å²) in [5.74, 6) is 0. The van der Waals surface area contributed by atoms with Crippen LogP contribution in [0.15, 0.2) is 0 Å². The maximum Gasteiger partial charge on any atom is 0.0772 e. The van der Waals surface area contributed by atoms with Crippen LogP contribution in [0.2, 0.25) is 0 Å². The molecule has 0 unspecified atom stereocenters. The van der Waals surface area contributed by atoms with E-state index in [0.29, 0.717) is 12.1 Å². The molecule has 0 aromatic carbocycles. The van der Waals surface area contributed by atoms with Crippen LogP contribution in [0.4, 0.5) is 0 Å². The Balaban J connectivity index is 1.78. The van der Waals surface area contributed by atoms with E-state index in [4.69, 9.17) is 0 Å². The fourth-order valence-corrected chi connectivity index (χ4v) is 2.70. The minimum absolute atomic E-state index is 0.366. The molecule has 2 aliphatic rings. The van der Waals surface area contributed by atoms with Gasteiger partial charge in [0.25, 0.3) is 0 Å². The van der Waals surface area contributed by atoms with E-state index in [2.05, 4.69) is 5.32 Å². The molecule has 2 N–H and O–H groups in total. The van der Waals surface area contributed by atoms with Gasteiger partial charge in [0, 0.05) is 12.1 Å². The summed E-state index contributed by atoms with van der Waals surface area (Å²) in [6, 6.07) is 1.04. The van der Waals surface area contributed by atoms with Crippen molar-refractivity contribution in [1.82, 2.24) is 5.32 Å². The van der Waals surface area contributed by atoms with Gasteiger partial charge in [-0.05, 0) is 32.6 Å². The molecule has 0 aliphatic heterocycles. The van der Waals surface area contributed by atoms with Gasteiger partial charge < -0.3 is 10.4 Å². The van der Waals surface area contributed by atoms with Gasteiger partial charge in [-0.25, -0.2) is 0 Å². The second-order valence-electron chi connectivity index (χ2n) is 5.30. The first kappa shape index (κ1) is 10.4. The molecule has 0 saturated heterocycles. The standard InChI is InChI=1S/C12H23NO/c1-12(14)9-8-11(12)13-10-6-4-2-3-5-7-10/h10-11,13-14H,2-9H2,1H3/t11-,12-/m0/s1. The Kier molecular flexibility index (Phi) is 3.13. The highest BCUT2D eigenvalue weighted by Crippen LogP contribution is 2.32. The summed E-state index contributed by atoms with van der Waals surface area (Å²) in [4.78, 5) is 0. The van der Waals surface area contributed by atoms with E-state index in [-0.39, 0.29) is 0 Å². The van der Waals surface area contributed by atoms with E-state index in [1.807, 2.05) is 6.92 Å². The van der Waals surface area contributed by atoms with Gasteiger partial charge in [-0.1, -0.05) is 25.7 Å². The first-order valence-electron chi connectivity index (χ1n) is 6.17. The topological polar surface area (TPSA) is 32.3 Å². The molecule has 0 aromatic heterocycles. The molecule has 0 aromatic rings. The van der Waals surface area contributed by atoms with Crippen molar-refractivity contribution in [3.8, 4) is 0 Å². The number of rotatable bonds is 2. The third kappa shape index (κ3) is 2.29. The van der Waals surface area contributed by atoms with Crippen LogP contribution in [0.5, 0.6) is 0 Å². The predicted molar refractivity (Wildman–Crippen MR) is 58.3 cm³/mol. The van der Waals surface area contributed by atoms with Crippen LogP contribution in [0, 0.1) is 0 Å². The molecule has 2 aliphatic carbocycles. The van der Waals surface area contributed by atoms with Crippen LogP contribution in [0.1, 0.15) is 58.3 Å². The lowest BCUT2D eigenvalue weighted by molar-refractivity contribution is -0.0562. The maximum atomic E-state index is 9.91. The Morgan fingerprint density at radius 2 is 1.71 bits per heavy atom. The van der Waals surface area contributed by atoms with E-state index in [0.717, 1.165) is 12.8 Å². The molecular formula is C12H23NO. The quantitative estimate of drug-likeness (QED) is 0.665. The zero-order valence-corrected chi connectivity index (χ0v) is 9.26. The summed E-state index contributed by atoms with van der Waals surface area (Å²) >= 11 is 0. The van der Waals surface area contributed by atoms with Gasteiger partial charge in [0.15, 0.2) is 0 Å². The first-order chi connectivity index (χ1) is 6.68. The molecule has 14 heavy (non-hydrogen) atoms. The second-order valence-corrected chi connectivity index (χ2v) is 5.30. The molecule has 0 spiro atoms. The molecule has 0 bridgehead atoms. The number of hydrogen-bond acceptors (Lipinski definition) is 2. The van der Waals surface area contributed by atoms with Crippen molar-refractivity contribution < 1.29 is 5.11 Å². The zero-order valence-electron chi connectivity index (χ0n) is 9.26. The molecule has 2 heteroatoms. The fourth-order valence-electron chi connectivity index (χ4n) is 2.70. The molecule has 0 heterocycles. The van der Waals surface area contributed by atoms with E-state index >= 15 is 0 Å². The van der Waals surface area contributed by atoms with Crippen LogP contribution in [-0.4, -0.2) is 22.8 Å². The van der Waals surface area contributed by atoms with Gasteiger partial charge in [0.05, 0.1) is 5.60 Å². The predicted octanol–water partition coefficient (Wildman–Crippen LogP) is 2.21. The van der Waals surface area contributed by atoms with E-state index in [1.165, 1.54) is 38.5 Å². The van der Waals surface area contributed by atoms with Crippen molar-refractivity contribution in [3.05, 3.63) is 0 Å². The molecule has 82 valence electrons. The lowest BCUT2D eigenvalue weighted by Gasteiger charge is -2.45. The molecule has 0 radical (unpaired) electrons. The average Bonchev–Trinajstić information content (AvgIpc) is 2.41. The summed E-state index contributed by atoms with van der Waals surface area (Å²) < 4.78 is 0. The number of hydrogen-bond donors (Lipinski definition) is 2. The third-order valence-corrected chi connectivity index (χ3v) is 3.98. The molecular weight excluding hydrogens is 174 g/mol. The second kappa shape index (κ2) is 4.19. The summed E-state index contributed by atoms with van der Waals surface area (Å²) in [6.07, 6.45) is 10.3. The normalized spacial score (nSPS) is 40.3. The molecule has 2 atom stereocenters. The minimum Gasteiger partial charge on any atom is -0.389 e. The Hall–Kier alpha value is -0.0800. The van der Waals surface area contributed by atoms with Gasteiger partial charge in [0.1, 0.15) is 0 Å². The van der Waals surface area contributed by atoms with Gasteiger partial charge in [0.2, 0.25) is 0 Å². The number of nitrogens with one attached hydrogen (secondary N) is 1. The van der Waals surface area contributed by atoms with Crippen LogP contribution in [0.25, 0.3) is 0 Å². The molecule has 0 amide bonds. The summed E-state index contributed by atoms with van der Waals surface area (Å²) in [5, 5.41) is 13.5. The highest BCUT2D eigenvalue weighted by Gasteiger charge is 2.41. The Bertz CT molecular complexity index is 183. The Morgan fingerprint density at radius 3 is 2.14 bits per heavy atom. The van der Waals surface area contributed by atoms with Crippen molar-refractivity contribution in [2.45, 2.75) is 76.0 Å². The van der Waals surface area contributed by atoms with Gasteiger partial charge in [-0.2, -0.15) is 0 Å². The summed E-state index contributed by atoms with van der Waals surface area (Å²) in [7, 11) is 0. The minimum atomic E-state index is -0.424. The highest BCUT2D eigenvalue weighted by atomic mass is 16.3. The SMILES string of the molecule is C[C@]1(O)CC[C@@H]1NC1CCCCCC1. The van der Waals surface area contributed by atoms with Crippen LogP contribution >= 0.6 is 0 Å². The van der Waals surface area contributed by atoms with Crippen molar-refractivity contribution in [2.24, 2.45) is 0 Å². The third-order valence-electron chi connectivity index (χ3n) is 3.98. The van der Waals surface area contributed by atoms with Crippen molar-refractivity contribution in [2.75, 3.05) is 0 Å². The fraction of sp³-hybridized carbons (Fsp3) is 1.00. The van der Waals surface area contributed by atoms with Crippen molar-refractivity contribution in [1.29, 1.82) is 0 Å². The zero-order chi connectivity index (χ0) is 10.0. The average molecular weight is 197 g/mol. The molecule has 2 rings (SSSR count). The van der Waals surface area contributed by atoms with Crippen LogP contribution in [-0.2, 0) is 0 Å². The van der Waals surface area contributed by atoms with E-state index in [1.54, 1.807) is 0 Å². The highest BCUT2D eigenvalue weighted by molar-refractivity contribution is 4.99. The smallest absolute Gasteiger partial charge is 0.0772 e. The largest absolute Gasteiger partial charge is 0.389 e. The van der Waals surface area contributed by atoms with Crippen molar-refractivity contribution in [3.63, 3.8) is 0 Å². The Morgan fingerprint density at radius 1 is 1.07 bits per heavy atom. The lowest BCUT2D eigenvalue weighted by Crippen LogP contribution is -2.59. The number of aliphatic hydroxyl groups is 1. The molecule has 2 fully saturated rings. The Labute approximate surface area is 87.1 Å². The molecule has 2 saturated carbocycles. The van der Waals surface area contributed by atoms with Crippen LogP contribution in [0.3, 0.4) is 0 Å².